The van der Waals surface area contributed by atoms with Crippen molar-refractivity contribution in [3.63, 3.8) is 0 Å². The van der Waals surface area contributed by atoms with Gasteiger partial charge in [0, 0.05) is 6.42 Å². The van der Waals surface area contributed by atoms with E-state index in [0.29, 0.717) is 6.42 Å². The number of rotatable bonds is 19. The van der Waals surface area contributed by atoms with Gasteiger partial charge in [0.25, 0.3) is 0 Å². The topological polar surface area (TPSA) is 95.9 Å². The lowest BCUT2D eigenvalue weighted by Gasteiger charge is -2.26. The first-order valence-electron chi connectivity index (χ1n) is 11.3. The molecule has 0 radical (unpaired) electrons. The second kappa shape index (κ2) is 17.0. The minimum Gasteiger partial charge on any atom is -0.349 e. The third kappa shape index (κ3) is 21.8. The number of nitrogens with one attached hydrogen (secondary N) is 1. The molecular weight excluding hydrogens is 389 g/mol. The van der Waals surface area contributed by atoms with Gasteiger partial charge in [-0.05, 0) is 46.0 Å². The highest BCUT2D eigenvalue weighted by molar-refractivity contribution is 7.46. The summed E-state index contributed by atoms with van der Waals surface area (Å²) in [6.07, 6.45) is 20.9. The van der Waals surface area contributed by atoms with E-state index in [1.165, 1.54) is 57.8 Å². The van der Waals surface area contributed by atoms with Crippen molar-refractivity contribution in [1.29, 1.82) is 0 Å². The van der Waals surface area contributed by atoms with Gasteiger partial charge < -0.3 is 15.1 Å². The molecule has 0 aliphatic carbocycles. The number of amides is 1. The molecule has 0 aromatic rings. The molecule has 3 N–H and O–H groups in total. The van der Waals surface area contributed by atoms with Crippen LogP contribution in [0.4, 0.5) is 0 Å². The van der Waals surface area contributed by atoms with Crippen LogP contribution in [0.15, 0.2) is 12.2 Å². The molecule has 0 rings (SSSR count). The Labute approximate surface area is 178 Å². The van der Waals surface area contributed by atoms with E-state index in [1.807, 2.05) is 0 Å². The second-order valence-electron chi connectivity index (χ2n) is 8.53. The Morgan fingerprint density at radius 1 is 0.897 bits per heavy atom. The molecule has 7 heteroatoms. The number of hydrogen-bond donors (Lipinski definition) is 3. The zero-order chi connectivity index (χ0) is 22.0. The van der Waals surface area contributed by atoms with Crippen molar-refractivity contribution < 1.29 is 23.7 Å². The fraction of sp³-hybridized carbons (Fsp3) is 0.864. The monoisotopic (exact) mass is 433 g/mol. The summed E-state index contributed by atoms with van der Waals surface area (Å²) in [6.45, 7) is 5.38. The summed E-state index contributed by atoms with van der Waals surface area (Å²) in [5, 5.41) is 2.76. The molecule has 1 amide bonds. The van der Waals surface area contributed by atoms with Crippen LogP contribution < -0.4 is 5.32 Å². The second-order valence-corrected chi connectivity index (χ2v) is 9.77. The van der Waals surface area contributed by atoms with Crippen LogP contribution in [-0.2, 0) is 13.9 Å². The van der Waals surface area contributed by atoms with Gasteiger partial charge >= 0.3 is 7.82 Å². The van der Waals surface area contributed by atoms with E-state index in [9.17, 15) is 9.36 Å². The van der Waals surface area contributed by atoms with Crippen LogP contribution in [0.3, 0.4) is 0 Å². The van der Waals surface area contributed by atoms with Crippen LogP contribution in [0.5, 0.6) is 0 Å². The maximum absolute atomic E-state index is 11.9. The van der Waals surface area contributed by atoms with E-state index in [1.54, 1.807) is 13.8 Å². The van der Waals surface area contributed by atoms with Gasteiger partial charge in [0.1, 0.15) is 0 Å². The smallest absolute Gasteiger partial charge is 0.349 e. The van der Waals surface area contributed by atoms with Gasteiger partial charge in [-0.2, -0.15) is 0 Å². The molecule has 0 aliphatic rings. The molecule has 172 valence electrons. The fourth-order valence-electron chi connectivity index (χ4n) is 3.08. The molecular formula is C22H44NO5P. The number of unbranched alkanes of at least 4 members (excludes halogenated alkanes) is 11. The van der Waals surface area contributed by atoms with Gasteiger partial charge in [-0.15, -0.1) is 0 Å². The highest BCUT2D eigenvalue weighted by Gasteiger charge is 2.25. The number of carbonyl (C=O) groups is 1. The van der Waals surface area contributed by atoms with Gasteiger partial charge in [-0.3, -0.25) is 9.32 Å². The van der Waals surface area contributed by atoms with E-state index in [4.69, 9.17) is 9.79 Å². The van der Waals surface area contributed by atoms with Gasteiger partial charge in [-0.25, -0.2) is 4.57 Å². The van der Waals surface area contributed by atoms with Crippen molar-refractivity contribution in [2.24, 2.45) is 0 Å². The highest BCUT2D eigenvalue weighted by Crippen LogP contribution is 2.36. The molecule has 0 aliphatic heterocycles. The lowest BCUT2D eigenvalue weighted by molar-refractivity contribution is -0.123. The average molecular weight is 434 g/mol. The van der Waals surface area contributed by atoms with Crippen LogP contribution in [0.2, 0.25) is 0 Å². The highest BCUT2D eigenvalue weighted by atomic mass is 31.2. The summed E-state index contributed by atoms with van der Waals surface area (Å²) in [6, 6.07) is 0. The van der Waals surface area contributed by atoms with Crippen molar-refractivity contribution >= 4 is 13.7 Å². The molecule has 0 atom stereocenters. The van der Waals surface area contributed by atoms with Crippen molar-refractivity contribution in [1.82, 2.24) is 5.32 Å². The predicted molar refractivity (Wildman–Crippen MR) is 120 cm³/mol. The van der Waals surface area contributed by atoms with Gasteiger partial charge in [0.15, 0.2) is 0 Å². The molecule has 0 aromatic carbocycles. The first-order chi connectivity index (χ1) is 13.7. The van der Waals surface area contributed by atoms with Crippen LogP contribution in [-0.4, -0.2) is 27.8 Å². The maximum Gasteiger partial charge on any atom is 0.469 e. The molecule has 0 fully saturated rings. The number of hydrogen-bond acceptors (Lipinski definition) is 3. The molecule has 0 spiro atoms. The number of phosphoric acid groups is 1. The Morgan fingerprint density at radius 3 is 1.90 bits per heavy atom. The quantitative estimate of drug-likeness (QED) is 0.131. The first kappa shape index (κ1) is 28.3. The van der Waals surface area contributed by atoms with Crippen LogP contribution in [0.1, 0.15) is 111 Å². The van der Waals surface area contributed by atoms with Crippen molar-refractivity contribution in [2.45, 2.75) is 116 Å². The molecule has 0 heterocycles. The summed E-state index contributed by atoms with van der Waals surface area (Å²) in [7, 11) is -4.52. The minimum absolute atomic E-state index is 0.109. The van der Waals surface area contributed by atoms with Crippen LogP contribution in [0.25, 0.3) is 0 Å². The summed E-state index contributed by atoms with van der Waals surface area (Å²) >= 11 is 0. The van der Waals surface area contributed by atoms with Crippen molar-refractivity contribution in [3.05, 3.63) is 12.2 Å². The van der Waals surface area contributed by atoms with E-state index in [2.05, 4.69) is 28.9 Å². The van der Waals surface area contributed by atoms with Gasteiger partial charge in [-0.1, -0.05) is 70.4 Å². The Kier molecular flexibility index (Phi) is 16.6. The summed E-state index contributed by atoms with van der Waals surface area (Å²) in [5.41, 5.74) is -0.806. The lowest BCUT2D eigenvalue weighted by atomic mass is 10.1. The van der Waals surface area contributed by atoms with Crippen LogP contribution in [0, 0.1) is 0 Å². The third-order valence-electron chi connectivity index (χ3n) is 4.74. The number of allylic oxidation sites excluding steroid dienone is 2. The Bertz CT molecular complexity index is 488. The molecule has 0 unspecified atom stereocenters. The predicted octanol–water partition coefficient (Wildman–Crippen LogP) is 6.03. The third-order valence-corrected chi connectivity index (χ3v) is 5.20. The van der Waals surface area contributed by atoms with Gasteiger partial charge in [0.05, 0.1) is 12.1 Å². The fourth-order valence-corrected chi connectivity index (χ4v) is 3.57. The standard InChI is InChI=1S/C22H44NO5P/c1-4-5-6-7-8-9-10-11-12-13-14-15-16-17-18-19-21(24)23-22(2,3)20-28-29(25,26)27/h11-12H,4-10,13-20H2,1-3H3,(H,23,24)(H2,25,26,27)/b12-11-. The lowest BCUT2D eigenvalue weighted by Crippen LogP contribution is -2.46. The zero-order valence-corrected chi connectivity index (χ0v) is 19.7. The van der Waals surface area contributed by atoms with Crippen molar-refractivity contribution in [3.8, 4) is 0 Å². The maximum atomic E-state index is 11.9. The van der Waals surface area contributed by atoms with Gasteiger partial charge in [0.2, 0.25) is 5.91 Å². The Balaban J connectivity index is 3.52. The van der Waals surface area contributed by atoms with Crippen LogP contribution >= 0.6 is 7.82 Å². The average Bonchev–Trinajstić information content (AvgIpc) is 2.62. The summed E-state index contributed by atoms with van der Waals surface area (Å²) < 4.78 is 15.2. The molecule has 6 nitrogen and oxygen atoms in total. The first-order valence-corrected chi connectivity index (χ1v) is 12.9. The summed E-state index contributed by atoms with van der Waals surface area (Å²) in [5.74, 6) is -0.109. The SMILES string of the molecule is CCCCCCCC/C=C\CCCCCCCC(=O)NC(C)(C)COP(=O)(O)O. The molecule has 0 saturated carbocycles. The number of phosphoric ester groups is 1. The Hall–Kier alpha value is -0.680. The largest absolute Gasteiger partial charge is 0.469 e. The van der Waals surface area contributed by atoms with E-state index in [-0.39, 0.29) is 12.5 Å². The molecule has 0 aromatic heterocycles. The molecule has 0 bridgehead atoms. The zero-order valence-electron chi connectivity index (χ0n) is 18.8. The minimum atomic E-state index is -4.52. The summed E-state index contributed by atoms with van der Waals surface area (Å²) in [4.78, 5) is 29.4. The molecule has 0 saturated heterocycles. The number of carbonyl (C=O) groups excluding carboxylic acids is 1. The van der Waals surface area contributed by atoms with Crippen molar-refractivity contribution in [2.75, 3.05) is 6.61 Å². The Morgan fingerprint density at radius 2 is 1.38 bits per heavy atom. The van der Waals surface area contributed by atoms with E-state index in [0.717, 1.165) is 25.7 Å². The van der Waals surface area contributed by atoms with E-state index >= 15 is 0 Å². The molecule has 29 heavy (non-hydrogen) atoms. The normalized spacial score (nSPS) is 12.6. The van der Waals surface area contributed by atoms with E-state index < -0.39 is 13.4 Å².